The number of nitrogens with one attached hydrogen (secondary N) is 1. The van der Waals surface area contributed by atoms with Crippen molar-refractivity contribution in [2.24, 2.45) is 11.7 Å². The van der Waals surface area contributed by atoms with E-state index in [0.717, 1.165) is 25.1 Å². The highest BCUT2D eigenvalue weighted by molar-refractivity contribution is 5.93. The molecule has 0 radical (unpaired) electrons. The highest BCUT2D eigenvalue weighted by atomic mass is 35.5. The van der Waals surface area contributed by atoms with Crippen LogP contribution in [0.5, 0.6) is 0 Å². The van der Waals surface area contributed by atoms with E-state index in [0.29, 0.717) is 29.6 Å². The lowest BCUT2D eigenvalue weighted by molar-refractivity contribution is 0.0567. The van der Waals surface area contributed by atoms with Crippen LogP contribution in [-0.2, 0) is 0 Å². The molecule has 1 saturated heterocycles. The second-order valence-corrected chi connectivity index (χ2v) is 6.09. The maximum absolute atomic E-state index is 12.7. The molecule has 7 heteroatoms. The summed E-state index contributed by atoms with van der Waals surface area (Å²) in [5, 5.41) is 7.02. The molecule has 2 unspecified atom stereocenters. The number of nitrogens with two attached hydrogens (primary N) is 1. The monoisotopic (exact) mass is 338 g/mol. The number of halogens is 1. The van der Waals surface area contributed by atoms with Crippen LogP contribution in [0.15, 0.2) is 22.6 Å². The summed E-state index contributed by atoms with van der Waals surface area (Å²) >= 11 is 0. The third kappa shape index (κ3) is 3.59. The van der Waals surface area contributed by atoms with Crippen molar-refractivity contribution in [2.45, 2.75) is 32.7 Å². The molecule has 6 nitrogen and oxygen atoms in total. The number of hydrogen-bond donors (Lipinski definition) is 2. The highest BCUT2D eigenvalue weighted by Crippen LogP contribution is 2.25. The summed E-state index contributed by atoms with van der Waals surface area (Å²) in [5.41, 5.74) is 6.96. The van der Waals surface area contributed by atoms with Crippen LogP contribution in [-0.4, -0.2) is 40.1 Å². The maximum Gasteiger partial charge on any atom is 0.274 e. The quantitative estimate of drug-likeness (QED) is 0.900. The summed E-state index contributed by atoms with van der Waals surface area (Å²) in [7, 11) is 0. The van der Waals surface area contributed by atoms with Crippen molar-refractivity contribution >= 4 is 18.3 Å². The zero-order chi connectivity index (χ0) is 15.7. The van der Waals surface area contributed by atoms with E-state index in [1.54, 1.807) is 6.07 Å². The van der Waals surface area contributed by atoms with E-state index in [9.17, 15) is 4.79 Å². The van der Waals surface area contributed by atoms with Crippen LogP contribution in [0.1, 0.15) is 36.0 Å². The van der Waals surface area contributed by atoms with E-state index in [1.807, 2.05) is 24.0 Å². The Hall–Kier alpha value is -1.79. The standard InChI is InChI=1S/C16H22N4O2.ClH/c1-10-5-6-20(12(7-10)9-17)16(21)14-8-13(18-19-14)15-4-3-11(2)22-15;/h3-4,8,10,12H,5-7,9,17H2,1-2H3,(H,18,19);1H. The van der Waals surface area contributed by atoms with E-state index in [-0.39, 0.29) is 24.4 Å². The van der Waals surface area contributed by atoms with Crippen molar-refractivity contribution < 1.29 is 9.21 Å². The topological polar surface area (TPSA) is 88.1 Å². The highest BCUT2D eigenvalue weighted by Gasteiger charge is 2.30. The van der Waals surface area contributed by atoms with Crippen molar-refractivity contribution in [2.75, 3.05) is 13.1 Å². The number of piperidine rings is 1. The second-order valence-electron chi connectivity index (χ2n) is 6.09. The number of carbonyl (C=O) groups excluding carboxylic acids is 1. The molecule has 3 N–H and O–H groups in total. The summed E-state index contributed by atoms with van der Waals surface area (Å²) < 4.78 is 5.55. The third-order valence-corrected chi connectivity index (χ3v) is 4.31. The lowest BCUT2D eigenvalue weighted by atomic mass is 9.92. The number of aromatic amines is 1. The maximum atomic E-state index is 12.7. The van der Waals surface area contributed by atoms with Crippen LogP contribution in [0.2, 0.25) is 0 Å². The Bertz CT molecular complexity index is 667. The second kappa shape index (κ2) is 7.19. The van der Waals surface area contributed by atoms with Crippen LogP contribution >= 0.6 is 12.4 Å². The number of H-pyrrole nitrogens is 1. The van der Waals surface area contributed by atoms with Crippen molar-refractivity contribution in [3.63, 3.8) is 0 Å². The molecule has 2 atom stereocenters. The van der Waals surface area contributed by atoms with Crippen molar-refractivity contribution in [1.29, 1.82) is 0 Å². The molecule has 2 aromatic rings. The molecular formula is C16H23ClN4O2. The van der Waals surface area contributed by atoms with Crippen molar-refractivity contribution in [3.05, 3.63) is 29.7 Å². The first kappa shape index (κ1) is 17.6. The van der Waals surface area contributed by atoms with Gasteiger partial charge in [-0.1, -0.05) is 6.92 Å². The molecule has 0 spiro atoms. The largest absolute Gasteiger partial charge is 0.460 e. The summed E-state index contributed by atoms with van der Waals surface area (Å²) in [6.07, 6.45) is 1.97. The summed E-state index contributed by atoms with van der Waals surface area (Å²) in [6, 6.07) is 5.59. The van der Waals surface area contributed by atoms with E-state index in [2.05, 4.69) is 17.1 Å². The van der Waals surface area contributed by atoms with Gasteiger partial charge in [0.2, 0.25) is 0 Å². The SMILES string of the molecule is Cc1ccc(-c2cc(C(=O)N3CCC(C)CC3CN)n[nH]2)o1.Cl. The number of amides is 1. The molecule has 23 heavy (non-hydrogen) atoms. The fourth-order valence-electron chi connectivity index (χ4n) is 3.03. The molecule has 1 fully saturated rings. The van der Waals surface area contributed by atoms with Gasteiger partial charge in [0.05, 0.1) is 0 Å². The molecule has 0 saturated carbocycles. The smallest absolute Gasteiger partial charge is 0.274 e. The van der Waals surface area contributed by atoms with Gasteiger partial charge in [-0.25, -0.2) is 0 Å². The van der Waals surface area contributed by atoms with Crippen LogP contribution < -0.4 is 5.73 Å². The average molecular weight is 339 g/mol. The van der Waals surface area contributed by atoms with Gasteiger partial charge in [-0.3, -0.25) is 9.89 Å². The number of rotatable bonds is 3. The Balaban J connectivity index is 0.00000192. The summed E-state index contributed by atoms with van der Waals surface area (Å²) in [5.74, 6) is 2.06. The Morgan fingerprint density at radius 1 is 1.52 bits per heavy atom. The molecule has 1 aliphatic heterocycles. The van der Waals surface area contributed by atoms with Gasteiger partial charge in [-0.15, -0.1) is 12.4 Å². The molecule has 0 aromatic carbocycles. The number of nitrogens with zero attached hydrogens (tertiary/aromatic N) is 2. The fraction of sp³-hybridized carbons (Fsp3) is 0.500. The number of aryl methyl sites for hydroxylation is 1. The van der Waals surface area contributed by atoms with Gasteiger partial charge in [-0.05, 0) is 37.8 Å². The third-order valence-electron chi connectivity index (χ3n) is 4.31. The first-order valence-corrected chi connectivity index (χ1v) is 7.71. The van der Waals surface area contributed by atoms with Gasteiger partial charge >= 0.3 is 0 Å². The fourth-order valence-corrected chi connectivity index (χ4v) is 3.03. The van der Waals surface area contributed by atoms with Gasteiger partial charge in [0.1, 0.15) is 11.5 Å². The molecule has 3 rings (SSSR count). The van der Waals surface area contributed by atoms with Crippen LogP contribution in [0, 0.1) is 12.8 Å². The Kier molecular flexibility index (Phi) is 5.49. The molecule has 126 valence electrons. The lowest BCUT2D eigenvalue weighted by Crippen LogP contribution is -2.49. The first-order valence-electron chi connectivity index (χ1n) is 7.71. The van der Waals surface area contributed by atoms with Gasteiger partial charge in [0, 0.05) is 25.2 Å². The van der Waals surface area contributed by atoms with Crippen LogP contribution in [0.4, 0.5) is 0 Å². The van der Waals surface area contributed by atoms with Crippen LogP contribution in [0.25, 0.3) is 11.5 Å². The van der Waals surface area contributed by atoms with E-state index < -0.39 is 0 Å². The molecule has 1 aliphatic rings. The van der Waals surface area contributed by atoms with Gasteiger partial charge in [-0.2, -0.15) is 5.10 Å². The minimum atomic E-state index is -0.0619. The van der Waals surface area contributed by atoms with Gasteiger partial charge in [0.25, 0.3) is 5.91 Å². The number of likely N-dealkylation sites (tertiary alicyclic amines) is 1. The zero-order valence-electron chi connectivity index (χ0n) is 13.4. The lowest BCUT2D eigenvalue weighted by Gasteiger charge is -2.37. The Morgan fingerprint density at radius 3 is 2.96 bits per heavy atom. The first-order chi connectivity index (χ1) is 10.6. The van der Waals surface area contributed by atoms with Gasteiger partial charge in [0.15, 0.2) is 11.5 Å². The predicted octanol–water partition coefficient (Wildman–Crippen LogP) is 2.60. The predicted molar refractivity (Wildman–Crippen MR) is 90.6 cm³/mol. The minimum absolute atomic E-state index is 0. The zero-order valence-corrected chi connectivity index (χ0v) is 14.2. The minimum Gasteiger partial charge on any atom is -0.460 e. The summed E-state index contributed by atoms with van der Waals surface area (Å²) in [6.45, 7) is 5.32. The van der Waals surface area contributed by atoms with E-state index in [1.165, 1.54) is 0 Å². The van der Waals surface area contributed by atoms with Crippen molar-refractivity contribution in [3.8, 4) is 11.5 Å². The molecule has 2 aromatic heterocycles. The molecular weight excluding hydrogens is 316 g/mol. The number of aromatic nitrogens is 2. The molecule has 1 amide bonds. The van der Waals surface area contributed by atoms with Crippen molar-refractivity contribution in [1.82, 2.24) is 15.1 Å². The van der Waals surface area contributed by atoms with Crippen LogP contribution in [0.3, 0.4) is 0 Å². The van der Waals surface area contributed by atoms with Gasteiger partial charge < -0.3 is 15.1 Å². The molecule has 3 heterocycles. The number of furan rings is 1. The Labute approximate surface area is 141 Å². The molecule has 0 aliphatic carbocycles. The number of carbonyl (C=O) groups is 1. The summed E-state index contributed by atoms with van der Waals surface area (Å²) in [4.78, 5) is 14.5. The van der Waals surface area contributed by atoms with E-state index >= 15 is 0 Å². The number of hydrogen-bond acceptors (Lipinski definition) is 4. The normalized spacial score (nSPS) is 21.1. The van der Waals surface area contributed by atoms with E-state index in [4.69, 9.17) is 10.2 Å². The molecule has 0 bridgehead atoms. The average Bonchev–Trinajstić information content (AvgIpc) is 3.15. The Morgan fingerprint density at radius 2 is 2.30 bits per heavy atom.